The fourth-order valence-electron chi connectivity index (χ4n) is 7.45. The quantitative estimate of drug-likeness (QED) is 0.164. The van der Waals surface area contributed by atoms with Crippen molar-refractivity contribution in [1.82, 2.24) is 0 Å². The molecule has 3 heteroatoms. The molecule has 1 heterocycles. The Morgan fingerprint density at radius 2 is 1.08 bits per heavy atom. The van der Waals surface area contributed by atoms with Gasteiger partial charge < -0.3 is 14.7 Å². The fraction of sp³-hybridized carbons (Fsp3) is 0. The van der Waals surface area contributed by atoms with Gasteiger partial charge in [0.15, 0.2) is 0 Å². The molecule has 0 radical (unpaired) electrons. The summed E-state index contributed by atoms with van der Waals surface area (Å²) in [7, 11) is 0. The average Bonchev–Trinajstić information content (AvgIpc) is 3.58. The van der Waals surface area contributed by atoms with E-state index in [0.29, 0.717) is 16.9 Å². The SMILES string of the molecule is C=Cc1oc2cc3ccccc3c(N(c3ccc(-c4ccc(-c5ccccc5)cc4)cc3)c3cccc(-c4cccc5ccccc45)c3)c2c1C=N. The van der Waals surface area contributed by atoms with E-state index in [2.05, 4.69) is 181 Å². The third-order valence-corrected chi connectivity index (χ3v) is 9.95. The van der Waals surface area contributed by atoms with Gasteiger partial charge in [0.05, 0.1) is 11.1 Å². The molecule has 0 aliphatic rings. The third-order valence-electron chi connectivity index (χ3n) is 9.95. The first-order valence-corrected chi connectivity index (χ1v) is 17.5. The summed E-state index contributed by atoms with van der Waals surface area (Å²) in [5.74, 6) is 0.584. The van der Waals surface area contributed by atoms with Gasteiger partial charge in [-0.15, -0.1) is 0 Å². The zero-order valence-electron chi connectivity index (χ0n) is 28.5. The van der Waals surface area contributed by atoms with Crippen molar-refractivity contribution in [2.24, 2.45) is 0 Å². The van der Waals surface area contributed by atoms with Gasteiger partial charge in [0.1, 0.15) is 11.3 Å². The minimum absolute atomic E-state index is 0.584. The highest BCUT2D eigenvalue weighted by molar-refractivity contribution is 6.18. The molecule has 9 rings (SSSR count). The van der Waals surface area contributed by atoms with Crippen molar-refractivity contribution in [3.63, 3.8) is 0 Å². The summed E-state index contributed by atoms with van der Waals surface area (Å²) >= 11 is 0. The van der Waals surface area contributed by atoms with Crippen LogP contribution in [0.2, 0.25) is 0 Å². The van der Waals surface area contributed by atoms with Crippen LogP contribution in [0.1, 0.15) is 11.3 Å². The van der Waals surface area contributed by atoms with Crippen LogP contribution in [-0.2, 0) is 0 Å². The zero-order chi connectivity index (χ0) is 35.0. The van der Waals surface area contributed by atoms with Gasteiger partial charge in [-0.1, -0.05) is 152 Å². The van der Waals surface area contributed by atoms with Crippen molar-refractivity contribution in [3.05, 3.63) is 194 Å². The predicted molar refractivity (Wildman–Crippen MR) is 220 cm³/mol. The molecule has 52 heavy (non-hydrogen) atoms. The van der Waals surface area contributed by atoms with Gasteiger partial charge in [-0.05, 0) is 85.9 Å². The minimum Gasteiger partial charge on any atom is -0.456 e. The monoisotopic (exact) mass is 666 g/mol. The van der Waals surface area contributed by atoms with Crippen molar-refractivity contribution < 1.29 is 4.42 Å². The molecular weight excluding hydrogens is 633 g/mol. The molecule has 0 unspecified atom stereocenters. The lowest BCUT2D eigenvalue weighted by Gasteiger charge is -2.28. The Morgan fingerprint density at radius 3 is 1.79 bits per heavy atom. The highest BCUT2D eigenvalue weighted by Crippen LogP contribution is 2.47. The second-order valence-corrected chi connectivity index (χ2v) is 13.0. The van der Waals surface area contributed by atoms with E-state index in [1.165, 1.54) is 33.7 Å². The maximum absolute atomic E-state index is 8.51. The molecule has 0 amide bonds. The van der Waals surface area contributed by atoms with E-state index in [9.17, 15) is 0 Å². The lowest BCUT2D eigenvalue weighted by Crippen LogP contribution is -2.11. The van der Waals surface area contributed by atoms with Crippen LogP contribution in [0, 0.1) is 5.41 Å². The van der Waals surface area contributed by atoms with E-state index < -0.39 is 0 Å². The largest absolute Gasteiger partial charge is 0.456 e. The minimum atomic E-state index is 0.584. The molecule has 0 atom stereocenters. The first kappa shape index (κ1) is 31.0. The third kappa shape index (κ3) is 5.37. The van der Waals surface area contributed by atoms with E-state index in [1.54, 1.807) is 6.08 Å². The molecule has 246 valence electrons. The molecule has 3 nitrogen and oxygen atoms in total. The maximum atomic E-state index is 8.51. The van der Waals surface area contributed by atoms with Crippen LogP contribution in [-0.4, -0.2) is 6.21 Å². The van der Waals surface area contributed by atoms with Gasteiger partial charge in [-0.25, -0.2) is 0 Å². The van der Waals surface area contributed by atoms with Gasteiger partial charge in [0, 0.05) is 28.5 Å². The Hall–Kier alpha value is -6.97. The molecule has 0 aliphatic carbocycles. The number of hydrogen-bond acceptors (Lipinski definition) is 3. The van der Waals surface area contributed by atoms with Crippen LogP contribution < -0.4 is 4.90 Å². The van der Waals surface area contributed by atoms with Gasteiger partial charge in [0.2, 0.25) is 0 Å². The van der Waals surface area contributed by atoms with Crippen molar-refractivity contribution in [1.29, 1.82) is 5.41 Å². The second kappa shape index (κ2) is 13.1. The molecule has 1 N–H and O–H groups in total. The first-order valence-electron chi connectivity index (χ1n) is 17.5. The van der Waals surface area contributed by atoms with Crippen LogP contribution in [0.4, 0.5) is 17.1 Å². The number of rotatable bonds is 8. The van der Waals surface area contributed by atoms with E-state index >= 15 is 0 Å². The van der Waals surface area contributed by atoms with Gasteiger partial charge in [-0.3, -0.25) is 0 Å². The predicted octanol–water partition coefficient (Wildman–Crippen LogP) is 13.9. The zero-order valence-corrected chi connectivity index (χ0v) is 28.5. The Kier molecular flexibility index (Phi) is 7.79. The second-order valence-electron chi connectivity index (χ2n) is 13.0. The Morgan fingerprint density at radius 1 is 0.500 bits per heavy atom. The van der Waals surface area contributed by atoms with E-state index in [4.69, 9.17) is 9.83 Å². The van der Waals surface area contributed by atoms with Crippen molar-refractivity contribution in [3.8, 4) is 33.4 Å². The lowest BCUT2D eigenvalue weighted by atomic mass is 9.96. The number of furan rings is 1. The Bertz CT molecular complexity index is 2750. The number of anilines is 3. The molecule has 8 aromatic carbocycles. The molecule has 1 aromatic heterocycles. The highest BCUT2D eigenvalue weighted by Gasteiger charge is 2.24. The summed E-state index contributed by atoms with van der Waals surface area (Å²) in [5, 5.41) is 13.9. The summed E-state index contributed by atoms with van der Waals surface area (Å²) in [6.07, 6.45) is 3.08. The van der Waals surface area contributed by atoms with E-state index in [0.717, 1.165) is 49.9 Å². The molecule has 0 fully saturated rings. The van der Waals surface area contributed by atoms with Crippen molar-refractivity contribution in [2.75, 3.05) is 4.90 Å². The van der Waals surface area contributed by atoms with Crippen molar-refractivity contribution >= 4 is 61.9 Å². The number of benzene rings is 8. The van der Waals surface area contributed by atoms with Crippen LogP contribution in [0.3, 0.4) is 0 Å². The van der Waals surface area contributed by atoms with Gasteiger partial charge >= 0.3 is 0 Å². The molecule has 0 saturated carbocycles. The number of nitrogens with zero attached hydrogens (tertiary/aromatic N) is 1. The summed E-state index contributed by atoms with van der Waals surface area (Å²) in [4.78, 5) is 2.32. The molecule has 0 spiro atoms. The van der Waals surface area contributed by atoms with E-state index in [-0.39, 0.29) is 0 Å². The average molecular weight is 667 g/mol. The van der Waals surface area contributed by atoms with Crippen LogP contribution >= 0.6 is 0 Å². The normalized spacial score (nSPS) is 11.2. The topological polar surface area (TPSA) is 40.2 Å². The number of nitrogens with one attached hydrogen (secondary N) is 1. The number of hydrogen-bond donors (Lipinski definition) is 1. The summed E-state index contributed by atoms with van der Waals surface area (Å²) < 4.78 is 6.37. The first-order chi connectivity index (χ1) is 25.7. The van der Waals surface area contributed by atoms with E-state index in [1.807, 2.05) is 6.07 Å². The summed E-state index contributed by atoms with van der Waals surface area (Å²) in [6.45, 7) is 4.02. The Balaban J connectivity index is 1.25. The molecule has 0 aliphatic heterocycles. The maximum Gasteiger partial charge on any atom is 0.138 e. The van der Waals surface area contributed by atoms with Crippen LogP contribution in [0.15, 0.2) is 187 Å². The highest BCUT2D eigenvalue weighted by atomic mass is 16.3. The molecule has 0 saturated heterocycles. The number of fused-ring (bicyclic) bond motifs is 3. The van der Waals surface area contributed by atoms with Crippen LogP contribution in [0.25, 0.3) is 72.0 Å². The summed E-state index contributed by atoms with van der Waals surface area (Å²) in [5.41, 5.74) is 11.4. The van der Waals surface area contributed by atoms with Gasteiger partial charge in [-0.2, -0.15) is 0 Å². The van der Waals surface area contributed by atoms with Crippen LogP contribution in [0.5, 0.6) is 0 Å². The molecular formula is C49H34N2O. The van der Waals surface area contributed by atoms with Crippen molar-refractivity contribution in [2.45, 2.75) is 0 Å². The fourth-order valence-corrected chi connectivity index (χ4v) is 7.45. The van der Waals surface area contributed by atoms with Gasteiger partial charge in [0.25, 0.3) is 0 Å². The summed E-state index contributed by atoms with van der Waals surface area (Å²) in [6, 6.07) is 62.2. The Labute approximate surface area is 302 Å². The molecule has 9 aromatic rings. The smallest absolute Gasteiger partial charge is 0.138 e. The standard InChI is InChI=1S/C49H34N2O/c1-2-46-45(32-50)48-47(52-46)31-39-15-7-9-20-44(39)49(48)51(41-18-10-17-38(30-41)43-21-11-16-37-14-6-8-19-42(37)43)40-28-26-36(27-29-40)35-24-22-34(23-25-35)33-12-4-3-5-13-33/h2-32,50H,1H2. The lowest BCUT2D eigenvalue weighted by molar-refractivity contribution is 0.604. The molecule has 0 bridgehead atoms.